The Morgan fingerprint density at radius 2 is 2.23 bits per heavy atom. The van der Waals surface area contributed by atoms with Crippen LogP contribution in [0.2, 0.25) is 0 Å². The first-order valence-electron chi connectivity index (χ1n) is 3.35. The number of carbonyl (C=O) groups is 1. The molecule has 0 atom stereocenters. The zero-order valence-corrected chi connectivity index (χ0v) is 8.13. The van der Waals surface area contributed by atoms with Gasteiger partial charge in [0.2, 0.25) is 0 Å². The number of hydrogen-bond acceptors (Lipinski definition) is 2. The van der Waals surface area contributed by atoms with Gasteiger partial charge in [0.15, 0.2) is 0 Å². The molecular formula is C9H6BrNO2. The van der Waals surface area contributed by atoms with E-state index in [4.69, 9.17) is 17.3 Å². The summed E-state index contributed by atoms with van der Waals surface area (Å²) in [5.41, 5.74) is 6.40. The lowest BCUT2D eigenvalue weighted by Crippen LogP contribution is -2.01. The van der Waals surface area contributed by atoms with Crippen LogP contribution in [0.5, 0.6) is 0 Å². The Kier molecular flexibility index (Phi) is 2.59. The van der Waals surface area contributed by atoms with E-state index in [1.807, 2.05) is 0 Å². The van der Waals surface area contributed by atoms with Crippen LogP contribution in [-0.4, -0.2) is 11.1 Å². The van der Waals surface area contributed by atoms with Crippen molar-refractivity contribution in [3.05, 3.63) is 27.7 Å². The van der Waals surface area contributed by atoms with Crippen LogP contribution in [0.3, 0.4) is 0 Å². The lowest BCUT2D eigenvalue weighted by molar-refractivity contribution is 0.0696. The van der Waals surface area contributed by atoms with E-state index in [1.54, 1.807) is 0 Å². The number of rotatable bonds is 1. The highest BCUT2D eigenvalue weighted by Crippen LogP contribution is 2.23. The smallest absolute Gasteiger partial charge is 0.336 e. The second-order valence-electron chi connectivity index (χ2n) is 2.37. The van der Waals surface area contributed by atoms with Gasteiger partial charge in [0.25, 0.3) is 0 Å². The molecule has 1 rings (SSSR count). The number of halogens is 1. The third-order valence-electron chi connectivity index (χ3n) is 1.53. The van der Waals surface area contributed by atoms with Crippen LogP contribution in [0.4, 0.5) is 5.69 Å². The Balaban J connectivity index is 3.39. The van der Waals surface area contributed by atoms with Crippen LogP contribution in [-0.2, 0) is 0 Å². The first-order valence-corrected chi connectivity index (χ1v) is 4.14. The average Bonchev–Trinajstić information content (AvgIpc) is 2.07. The highest BCUT2D eigenvalue weighted by atomic mass is 79.9. The molecule has 0 saturated heterocycles. The van der Waals surface area contributed by atoms with E-state index in [0.717, 1.165) is 0 Å². The number of carboxylic acid groups (broad SMARTS) is 1. The number of carboxylic acids is 1. The Morgan fingerprint density at radius 1 is 1.62 bits per heavy atom. The molecule has 0 bridgehead atoms. The average molecular weight is 240 g/mol. The Bertz CT molecular complexity index is 407. The standard InChI is InChI=1S/C9H6BrNO2/c1-2-5-3-7(10)6(9(12)13)4-8(5)11/h1,3-4H,11H2,(H,12,13). The van der Waals surface area contributed by atoms with E-state index < -0.39 is 5.97 Å². The summed E-state index contributed by atoms with van der Waals surface area (Å²) >= 11 is 3.09. The van der Waals surface area contributed by atoms with Gasteiger partial charge in [0.05, 0.1) is 5.56 Å². The van der Waals surface area contributed by atoms with Crippen molar-refractivity contribution in [2.24, 2.45) is 0 Å². The molecule has 0 aromatic heterocycles. The van der Waals surface area contributed by atoms with Gasteiger partial charge >= 0.3 is 5.97 Å². The lowest BCUT2D eigenvalue weighted by atomic mass is 10.1. The van der Waals surface area contributed by atoms with Gasteiger partial charge in [-0.3, -0.25) is 0 Å². The lowest BCUT2D eigenvalue weighted by Gasteiger charge is -2.03. The number of terminal acetylenes is 1. The van der Waals surface area contributed by atoms with Gasteiger partial charge in [0, 0.05) is 15.7 Å². The van der Waals surface area contributed by atoms with Crippen molar-refractivity contribution in [1.29, 1.82) is 0 Å². The number of hydrogen-bond donors (Lipinski definition) is 2. The predicted octanol–water partition coefficient (Wildman–Crippen LogP) is 1.71. The van der Waals surface area contributed by atoms with E-state index in [1.165, 1.54) is 12.1 Å². The van der Waals surface area contributed by atoms with E-state index >= 15 is 0 Å². The molecule has 0 amide bonds. The molecule has 0 saturated carbocycles. The van der Waals surface area contributed by atoms with Crippen LogP contribution in [0.1, 0.15) is 15.9 Å². The predicted molar refractivity (Wildman–Crippen MR) is 53.4 cm³/mol. The fourth-order valence-corrected chi connectivity index (χ4v) is 1.39. The maximum atomic E-state index is 10.6. The fourth-order valence-electron chi connectivity index (χ4n) is 0.879. The SMILES string of the molecule is C#Cc1cc(Br)c(C(=O)O)cc1N. The van der Waals surface area contributed by atoms with Gasteiger partial charge < -0.3 is 10.8 Å². The van der Waals surface area contributed by atoms with Crippen molar-refractivity contribution in [2.45, 2.75) is 0 Å². The summed E-state index contributed by atoms with van der Waals surface area (Å²) in [6.45, 7) is 0. The van der Waals surface area contributed by atoms with Gasteiger partial charge in [0.1, 0.15) is 0 Å². The van der Waals surface area contributed by atoms with Crippen LogP contribution in [0.15, 0.2) is 16.6 Å². The van der Waals surface area contributed by atoms with Crippen molar-refractivity contribution in [1.82, 2.24) is 0 Å². The second-order valence-corrected chi connectivity index (χ2v) is 3.22. The molecule has 0 fully saturated rings. The number of nitrogens with two attached hydrogens (primary N) is 1. The van der Waals surface area contributed by atoms with Gasteiger partial charge in [-0.05, 0) is 28.1 Å². The van der Waals surface area contributed by atoms with Gasteiger partial charge in [-0.1, -0.05) is 5.92 Å². The maximum absolute atomic E-state index is 10.6. The first-order chi connectivity index (χ1) is 6.06. The number of anilines is 1. The summed E-state index contributed by atoms with van der Waals surface area (Å²) in [6, 6.07) is 2.85. The fraction of sp³-hybridized carbons (Fsp3) is 0. The topological polar surface area (TPSA) is 63.3 Å². The van der Waals surface area contributed by atoms with Crippen LogP contribution >= 0.6 is 15.9 Å². The summed E-state index contributed by atoms with van der Waals surface area (Å²) in [6.07, 6.45) is 5.15. The minimum absolute atomic E-state index is 0.108. The number of aromatic carboxylic acids is 1. The van der Waals surface area contributed by atoms with E-state index in [-0.39, 0.29) is 5.56 Å². The summed E-state index contributed by atoms with van der Waals surface area (Å²) in [4.78, 5) is 10.6. The Hall–Kier alpha value is -1.47. The van der Waals surface area contributed by atoms with E-state index in [2.05, 4.69) is 21.9 Å². The van der Waals surface area contributed by atoms with Crippen LogP contribution in [0.25, 0.3) is 0 Å². The summed E-state index contributed by atoms with van der Waals surface area (Å²) in [5.74, 6) is 1.31. The zero-order chi connectivity index (χ0) is 10.0. The molecule has 0 aliphatic heterocycles. The van der Waals surface area contributed by atoms with Crippen molar-refractivity contribution < 1.29 is 9.90 Å². The van der Waals surface area contributed by atoms with E-state index in [9.17, 15) is 4.79 Å². The van der Waals surface area contributed by atoms with Gasteiger partial charge in [-0.25, -0.2) is 4.79 Å². The second kappa shape index (κ2) is 3.50. The molecule has 0 radical (unpaired) electrons. The molecule has 3 N–H and O–H groups in total. The summed E-state index contributed by atoms with van der Waals surface area (Å²) < 4.78 is 0.433. The molecular weight excluding hydrogens is 234 g/mol. The molecule has 3 nitrogen and oxygen atoms in total. The highest BCUT2D eigenvalue weighted by Gasteiger charge is 2.10. The third kappa shape index (κ3) is 1.82. The highest BCUT2D eigenvalue weighted by molar-refractivity contribution is 9.10. The first kappa shape index (κ1) is 9.62. The quantitative estimate of drug-likeness (QED) is 0.580. The minimum atomic E-state index is -1.04. The molecule has 66 valence electrons. The monoisotopic (exact) mass is 239 g/mol. The van der Waals surface area contributed by atoms with E-state index in [0.29, 0.717) is 15.7 Å². The van der Waals surface area contributed by atoms with Crippen molar-refractivity contribution in [3.63, 3.8) is 0 Å². The molecule has 4 heteroatoms. The molecule has 1 aromatic rings. The van der Waals surface area contributed by atoms with Gasteiger partial charge in [-0.2, -0.15) is 0 Å². The van der Waals surface area contributed by atoms with Crippen molar-refractivity contribution in [2.75, 3.05) is 5.73 Å². The molecule has 0 aliphatic carbocycles. The molecule has 0 aliphatic rings. The summed E-state index contributed by atoms with van der Waals surface area (Å²) in [7, 11) is 0. The molecule has 0 unspecified atom stereocenters. The summed E-state index contributed by atoms with van der Waals surface area (Å²) in [5, 5.41) is 8.72. The molecule has 0 heterocycles. The normalized spacial score (nSPS) is 9.23. The van der Waals surface area contributed by atoms with Crippen LogP contribution < -0.4 is 5.73 Å². The third-order valence-corrected chi connectivity index (χ3v) is 2.18. The Labute approximate surface area is 83.7 Å². The molecule has 13 heavy (non-hydrogen) atoms. The van der Waals surface area contributed by atoms with Crippen LogP contribution in [0, 0.1) is 12.3 Å². The van der Waals surface area contributed by atoms with Crippen molar-refractivity contribution in [3.8, 4) is 12.3 Å². The van der Waals surface area contributed by atoms with Crippen molar-refractivity contribution >= 4 is 27.6 Å². The maximum Gasteiger partial charge on any atom is 0.336 e. The number of benzene rings is 1. The molecule has 0 spiro atoms. The Morgan fingerprint density at radius 3 is 2.69 bits per heavy atom. The number of nitrogen functional groups attached to an aromatic ring is 1. The zero-order valence-electron chi connectivity index (χ0n) is 6.54. The largest absolute Gasteiger partial charge is 0.478 e. The minimum Gasteiger partial charge on any atom is -0.478 e. The van der Waals surface area contributed by atoms with Gasteiger partial charge in [-0.15, -0.1) is 6.42 Å². The molecule has 1 aromatic carbocycles.